The van der Waals surface area contributed by atoms with E-state index in [9.17, 15) is 24.0 Å². The molecule has 0 aliphatic carbocycles. The fourth-order valence-electron chi connectivity index (χ4n) is 1.89. The SMILES string of the molecule is O=c1[nH]c(=S)ccn1[C@@H]1O[C@](F)(COP(=O)(O)O)[C@@H](O)[C@H]1O. The predicted octanol–water partition coefficient (Wildman–Crippen LogP) is -1.07. The highest BCUT2D eigenvalue weighted by atomic mass is 32.1. The molecule has 5 N–H and O–H groups in total. The monoisotopic (exact) mass is 358 g/mol. The molecule has 4 atom stereocenters. The fourth-order valence-corrected chi connectivity index (χ4v) is 2.38. The number of ether oxygens (including phenoxy) is 1. The van der Waals surface area contributed by atoms with Crippen molar-refractivity contribution < 1.29 is 38.2 Å². The lowest BCUT2D eigenvalue weighted by atomic mass is 10.1. The van der Waals surface area contributed by atoms with Crippen LogP contribution in [0, 0.1) is 4.64 Å². The van der Waals surface area contributed by atoms with Gasteiger partial charge >= 0.3 is 13.5 Å². The van der Waals surface area contributed by atoms with Crippen LogP contribution in [0.1, 0.15) is 6.23 Å². The highest BCUT2D eigenvalue weighted by Gasteiger charge is 2.57. The van der Waals surface area contributed by atoms with Crippen LogP contribution in [-0.2, 0) is 13.8 Å². The van der Waals surface area contributed by atoms with Crippen molar-refractivity contribution in [1.29, 1.82) is 0 Å². The van der Waals surface area contributed by atoms with Crippen molar-refractivity contribution in [1.82, 2.24) is 9.55 Å². The van der Waals surface area contributed by atoms with Gasteiger partial charge in [0.05, 0.1) is 0 Å². The quantitative estimate of drug-likeness (QED) is 0.334. The molecule has 124 valence electrons. The number of aliphatic hydroxyl groups excluding tert-OH is 2. The third-order valence-corrected chi connectivity index (χ3v) is 3.63. The molecule has 2 heterocycles. The second kappa shape index (κ2) is 5.91. The summed E-state index contributed by atoms with van der Waals surface area (Å²) < 4.78 is 34.5. The molecule has 13 heteroatoms. The third kappa shape index (κ3) is 3.50. The smallest absolute Gasteiger partial charge is 0.385 e. The number of aliphatic hydroxyl groups is 2. The predicted molar refractivity (Wildman–Crippen MR) is 69.9 cm³/mol. The molecule has 0 spiro atoms. The summed E-state index contributed by atoms with van der Waals surface area (Å²) in [5.41, 5.74) is -0.830. The van der Waals surface area contributed by atoms with Crippen molar-refractivity contribution in [3.8, 4) is 0 Å². The van der Waals surface area contributed by atoms with E-state index in [0.717, 1.165) is 10.8 Å². The van der Waals surface area contributed by atoms with Gasteiger partial charge in [0.15, 0.2) is 6.23 Å². The van der Waals surface area contributed by atoms with E-state index in [1.807, 2.05) is 0 Å². The van der Waals surface area contributed by atoms with Crippen molar-refractivity contribution in [2.24, 2.45) is 0 Å². The second-order valence-corrected chi connectivity index (χ2v) is 6.19. The van der Waals surface area contributed by atoms with Crippen molar-refractivity contribution in [2.75, 3.05) is 6.61 Å². The zero-order valence-electron chi connectivity index (χ0n) is 10.7. The molecule has 1 aliphatic heterocycles. The molecule has 1 aliphatic rings. The van der Waals surface area contributed by atoms with Gasteiger partial charge in [-0.15, -0.1) is 0 Å². The van der Waals surface area contributed by atoms with Crippen LogP contribution in [-0.4, -0.2) is 54.2 Å². The largest absolute Gasteiger partial charge is 0.469 e. The van der Waals surface area contributed by atoms with Gasteiger partial charge in [0.25, 0.3) is 5.85 Å². The van der Waals surface area contributed by atoms with Gasteiger partial charge in [0.1, 0.15) is 23.5 Å². The first kappa shape index (κ1) is 17.4. The Kier molecular flexibility index (Phi) is 4.66. The Hall–Kier alpha value is -0.980. The van der Waals surface area contributed by atoms with E-state index in [0.29, 0.717) is 0 Å². The number of halogens is 1. The molecule has 1 saturated heterocycles. The number of phosphoric ester groups is 1. The standard InChI is InChI=1S/C9H12FN2O8PS/c10-9(3-19-21(16,17)18)6(14)5(13)7(20-9)12-2-1-4(22)11-8(12)15/h1-2,5-7,13-14H,3H2,(H,11,15,22)(H2,16,17,18)/t5-,6+,7-,9-/m1/s1. The molecule has 0 aromatic carbocycles. The number of H-pyrrole nitrogens is 1. The van der Waals surface area contributed by atoms with E-state index < -0.39 is 44.4 Å². The first-order valence-electron chi connectivity index (χ1n) is 5.78. The summed E-state index contributed by atoms with van der Waals surface area (Å²) in [5.74, 6) is -3.11. The summed E-state index contributed by atoms with van der Waals surface area (Å²) in [6.45, 7) is -1.34. The van der Waals surface area contributed by atoms with Crippen LogP contribution < -0.4 is 5.69 Å². The summed E-state index contributed by atoms with van der Waals surface area (Å²) in [4.78, 5) is 31.0. The number of aromatic amines is 1. The molecule has 2 rings (SSSR count). The highest BCUT2D eigenvalue weighted by molar-refractivity contribution is 7.71. The summed E-state index contributed by atoms with van der Waals surface area (Å²) in [7, 11) is -5.02. The average molecular weight is 358 g/mol. The Morgan fingerprint density at radius 3 is 2.73 bits per heavy atom. The summed E-state index contributed by atoms with van der Waals surface area (Å²) in [6, 6.07) is 1.27. The molecule has 0 bridgehead atoms. The van der Waals surface area contributed by atoms with Crippen LogP contribution in [0.4, 0.5) is 4.39 Å². The minimum Gasteiger partial charge on any atom is -0.385 e. The lowest BCUT2D eigenvalue weighted by molar-refractivity contribution is -0.205. The van der Waals surface area contributed by atoms with Crippen molar-refractivity contribution in [3.63, 3.8) is 0 Å². The van der Waals surface area contributed by atoms with Gasteiger partial charge < -0.3 is 24.7 Å². The van der Waals surface area contributed by atoms with E-state index >= 15 is 0 Å². The van der Waals surface area contributed by atoms with Crippen LogP contribution in [0.3, 0.4) is 0 Å². The lowest BCUT2D eigenvalue weighted by Crippen LogP contribution is -2.42. The van der Waals surface area contributed by atoms with E-state index in [2.05, 4.69) is 9.51 Å². The Balaban J connectivity index is 2.28. The maximum Gasteiger partial charge on any atom is 0.469 e. The van der Waals surface area contributed by atoms with E-state index in [-0.39, 0.29) is 4.64 Å². The normalized spacial score (nSPS) is 32.3. The molecule has 22 heavy (non-hydrogen) atoms. The number of aromatic nitrogens is 2. The van der Waals surface area contributed by atoms with Gasteiger partial charge in [-0.05, 0) is 6.07 Å². The van der Waals surface area contributed by atoms with Gasteiger partial charge in [-0.3, -0.25) is 14.1 Å². The number of nitrogens with one attached hydrogen (secondary N) is 1. The van der Waals surface area contributed by atoms with Gasteiger partial charge in [-0.2, -0.15) is 0 Å². The number of rotatable bonds is 4. The Morgan fingerprint density at radius 1 is 1.55 bits per heavy atom. The van der Waals surface area contributed by atoms with Crippen molar-refractivity contribution in [3.05, 3.63) is 27.4 Å². The fraction of sp³-hybridized carbons (Fsp3) is 0.556. The maximum absolute atomic E-state index is 14.4. The number of alkyl halides is 1. The molecule has 1 fully saturated rings. The molecule has 0 amide bonds. The molecule has 0 unspecified atom stereocenters. The Bertz CT molecular complexity index is 718. The summed E-state index contributed by atoms with van der Waals surface area (Å²) >= 11 is 4.71. The zero-order chi connectivity index (χ0) is 16.7. The van der Waals surface area contributed by atoms with Gasteiger partial charge in [-0.25, -0.2) is 13.8 Å². The van der Waals surface area contributed by atoms with Crippen LogP contribution >= 0.6 is 20.0 Å². The number of hydrogen-bond acceptors (Lipinski definition) is 7. The maximum atomic E-state index is 14.4. The number of hydrogen-bond donors (Lipinski definition) is 5. The van der Waals surface area contributed by atoms with Crippen molar-refractivity contribution >= 4 is 20.0 Å². The molecule has 1 aromatic rings. The second-order valence-electron chi connectivity index (χ2n) is 4.51. The molecule has 1 aromatic heterocycles. The molecular weight excluding hydrogens is 346 g/mol. The van der Waals surface area contributed by atoms with Gasteiger partial charge in [0, 0.05) is 6.20 Å². The summed E-state index contributed by atoms with van der Waals surface area (Å²) in [5, 5.41) is 19.5. The zero-order valence-corrected chi connectivity index (χ0v) is 12.4. The van der Waals surface area contributed by atoms with Crippen LogP contribution in [0.5, 0.6) is 0 Å². The molecule has 0 radical (unpaired) electrons. The number of nitrogens with zero attached hydrogens (tertiary/aromatic N) is 1. The topological polar surface area (TPSA) is 154 Å². The molecule has 10 nitrogen and oxygen atoms in total. The number of phosphoric acid groups is 1. The third-order valence-electron chi connectivity index (χ3n) is 2.93. The first-order valence-corrected chi connectivity index (χ1v) is 7.72. The Labute approximate surface area is 127 Å². The van der Waals surface area contributed by atoms with E-state index in [4.69, 9.17) is 26.7 Å². The van der Waals surface area contributed by atoms with Gasteiger partial charge in [0.2, 0.25) is 0 Å². The van der Waals surface area contributed by atoms with Crippen LogP contribution in [0.25, 0.3) is 0 Å². The first-order chi connectivity index (χ1) is 10.0. The Morgan fingerprint density at radius 2 is 2.18 bits per heavy atom. The van der Waals surface area contributed by atoms with Crippen LogP contribution in [0.2, 0.25) is 0 Å². The molecule has 0 saturated carbocycles. The van der Waals surface area contributed by atoms with Gasteiger partial charge in [-0.1, -0.05) is 12.2 Å². The van der Waals surface area contributed by atoms with Crippen molar-refractivity contribution in [2.45, 2.75) is 24.3 Å². The summed E-state index contributed by atoms with van der Waals surface area (Å²) in [6.07, 6.45) is -4.61. The lowest BCUT2D eigenvalue weighted by Gasteiger charge is -2.22. The molecular formula is C9H12FN2O8PS. The van der Waals surface area contributed by atoms with E-state index in [1.54, 1.807) is 0 Å². The average Bonchev–Trinajstić information content (AvgIpc) is 2.61. The van der Waals surface area contributed by atoms with E-state index in [1.165, 1.54) is 6.07 Å². The minimum atomic E-state index is -5.02. The minimum absolute atomic E-state index is 0.0885. The van der Waals surface area contributed by atoms with Crippen LogP contribution in [0.15, 0.2) is 17.1 Å². The highest BCUT2D eigenvalue weighted by Crippen LogP contribution is 2.43.